The van der Waals surface area contributed by atoms with E-state index in [1.807, 2.05) is 13.8 Å². The number of aliphatic hydroxyl groups excluding tert-OH is 9. The standard InChI is InChI=1S/C38H80N2O5.C22H48N2O3.2C3H6.CH4O/c1-5-9-13-17-24-35(42)29-39(30-36(43)25-18-14-10-6-2)28-22-21-23-34(33-41)40(31-37(44)26-19-15-11-7-3)32-38(45)27-20-16-12-8-4;1-3-5-7-9-14-21(26)17-24(16-12-11-13-20(23)19-25)18-22(27)15-10-8-6-4-2;2*1-3-2;1-2/h34-38,41-45H,5-33H2,1-4H3;20-22,25-27H,3-19,23H2,1-2H3;2*3H,1H2,2H3;2H,1H3. The first-order valence-electron chi connectivity index (χ1n) is 33.5. The molecular weight excluding hydrogens is 1000 g/mol. The molecule has 8 unspecified atom stereocenters. The highest BCUT2D eigenvalue weighted by Crippen LogP contribution is 2.18. The predicted molar refractivity (Wildman–Crippen MR) is 347 cm³/mol. The molecule has 8 atom stereocenters. The molecule has 0 bridgehead atoms. The quantitative estimate of drug-likeness (QED) is 0.0203. The lowest BCUT2D eigenvalue weighted by Gasteiger charge is -2.34. The second-order valence-electron chi connectivity index (χ2n) is 23.1. The van der Waals surface area contributed by atoms with Gasteiger partial charge in [0.1, 0.15) is 0 Å². The second-order valence-corrected chi connectivity index (χ2v) is 23.1. The average molecular weight is 1150 g/mol. The van der Waals surface area contributed by atoms with E-state index in [0.717, 1.165) is 161 Å². The van der Waals surface area contributed by atoms with Crippen molar-refractivity contribution in [2.75, 3.05) is 72.7 Å². The fourth-order valence-corrected chi connectivity index (χ4v) is 9.95. The highest BCUT2D eigenvalue weighted by Gasteiger charge is 2.24. The Labute approximate surface area is 497 Å². The van der Waals surface area contributed by atoms with Crippen molar-refractivity contribution in [1.82, 2.24) is 14.7 Å². The first-order chi connectivity index (χ1) is 38.7. The summed E-state index contributed by atoms with van der Waals surface area (Å²) in [5.41, 5.74) is 5.77. The van der Waals surface area contributed by atoms with Gasteiger partial charge >= 0.3 is 0 Å². The summed E-state index contributed by atoms with van der Waals surface area (Å²) in [7, 11) is 1.00. The van der Waals surface area contributed by atoms with Gasteiger partial charge in [-0.1, -0.05) is 221 Å². The normalized spacial score (nSPS) is 14.3. The molecule has 0 aliphatic heterocycles. The van der Waals surface area contributed by atoms with E-state index in [1.165, 1.54) is 89.9 Å². The van der Waals surface area contributed by atoms with Crippen molar-refractivity contribution in [3.63, 3.8) is 0 Å². The maximum atomic E-state index is 10.9. The van der Waals surface area contributed by atoms with Crippen molar-refractivity contribution < 1.29 is 46.0 Å². The number of nitrogens with two attached hydrogens (primary N) is 1. The van der Waals surface area contributed by atoms with Crippen LogP contribution in [0.25, 0.3) is 0 Å². The molecule has 0 saturated heterocycles. The summed E-state index contributed by atoms with van der Waals surface area (Å²) >= 11 is 0. The van der Waals surface area contributed by atoms with Crippen LogP contribution >= 0.6 is 0 Å². The number of rotatable bonds is 55. The Morgan fingerprint density at radius 3 is 0.787 bits per heavy atom. The van der Waals surface area contributed by atoms with E-state index < -0.39 is 12.2 Å². The number of nitrogens with zero attached hydrogens (tertiary/aromatic N) is 3. The Hall–Kier alpha value is -1.04. The molecule has 0 amide bonds. The zero-order valence-electron chi connectivity index (χ0n) is 54.7. The topological polar surface area (TPSA) is 218 Å². The van der Waals surface area contributed by atoms with E-state index in [-0.39, 0.29) is 49.7 Å². The van der Waals surface area contributed by atoms with Gasteiger partial charge in [0.05, 0.1) is 49.8 Å². The number of aliphatic hydroxyl groups is 9. The van der Waals surface area contributed by atoms with Crippen molar-refractivity contribution in [2.45, 2.75) is 335 Å². The van der Waals surface area contributed by atoms with Gasteiger partial charge in [-0.25, -0.2) is 0 Å². The van der Waals surface area contributed by atoms with Gasteiger partial charge in [0.2, 0.25) is 0 Å². The molecule has 0 aromatic carbocycles. The smallest absolute Gasteiger partial charge is 0.0667 e. The van der Waals surface area contributed by atoms with Gasteiger partial charge in [-0.2, -0.15) is 0 Å². The molecule has 11 N–H and O–H groups in total. The molecule has 0 aromatic heterocycles. The van der Waals surface area contributed by atoms with Gasteiger partial charge in [-0.15, -0.1) is 13.2 Å². The van der Waals surface area contributed by atoms with Crippen molar-refractivity contribution in [2.24, 2.45) is 5.73 Å². The van der Waals surface area contributed by atoms with Gasteiger partial charge in [0, 0.05) is 58.5 Å². The molecule has 0 aliphatic rings. The largest absolute Gasteiger partial charge is 0.400 e. The minimum absolute atomic E-state index is 0.0156. The molecule has 0 aromatic rings. The van der Waals surface area contributed by atoms with Gasteiger partial charge in [0.15, 0.2) is 0 Å². The maximum absolute atomic E-state index is 10.9. The summed E-state index contributed by atoms with van der Waals surface area (Å²) in [6.45, 7) is 28.9. The van der Waals surface area contributed by atoms with Gasteiger partial charge in [-0.3, -0.25) is 14.7 Å². The fraction of sp³-hybridized carbons (Fsp3) is 0.940. The molecule has 0 fully saturated rings. The first-order valence-corrected chi connectivity index (χ1v) is 33.5. The Morgan fingerprint density at radius 1 is 0.338 bits per heavy atom. The Morgan fingerprint density at radius 2 is 0.562 bits per heavy atom. The monoisotopic (exact) mass is 1150 g/mol. The highest BCUT2D eigenvalue weighted by atomic mass is 16.3. The van der Waals surface area contributed by atoms with Crippen molar-refractivity contribution in [3.05, 3.63) is 25.3 Å². The van der Waals surface area contributed by atoms with Crippen molar-refractivity contribution in [1.29, 1.82) is 0 Å². The third kappa shape index (κ3) is 67.7. The van der Waals surface area contributed by atoms with E-state index >= 15 is 0 Å². The lowest BCUT2D eigenvalue weighted by Crippen LogP contribution is -2.46. The average Bonchev–Trinajstić information content (AvgIpc) is 3.43. The summed E-state index contributed by atoms with van der Waals surface area (Å²) in [6, 6.07) is -0.228. The summed E-state index contributed by atoms with van der Waals surface area (Å²) in [5.74, 6) is 0. The van der Waals surface area contributed by atoms with Gasteiger partial charge < -0.3 is 51.7 Å². The minimum atomic E-state index is -0.448. The SMILES string of the molecule is C=CC.C=CC.CCCCCCC(O)CN(CCCCC(CO)N(CC(O)CCCCCC)CC(O)CCCCCC)CC(O)CCCCCC.CCCCCCC(O)CN(CCCCC(N)CO)CC(O)CCCCCC.CO. The number of hydrogen-bond acceptors (Lipinski definition) is 13. The molecule has 0 aliphatic carbocycles. The van der Waals surface area contributed by atoms with E-state index in [9.17, 15) is 35.7 Å². The highest BCUT2D eigenvalue weighted by molar-refractivity contribution is 4.79. The van der Waals surface area contributed by atoms with Gasteiger partial charge in [0.25, 0.3) is 0 Å². The van der Waals surface area contributed by atoms with Crippen LogP contribution in [0.4, 0.5) is 0 Å². The van der Waals surface area contributed by atoms with E-state index in [0.29, 0.717) is 39.3 Å². The molecular formula is C67H144N4O9. The summed E-state index contributed by atoms with van der Waals surface area (Å²) < 4.78 is 0. The summed E-state index contributed by atoms with van der Waals surface area (Å²) in [6.07, 6.45) is 39.1. The third-order valence-electron chi connectivity index (χ3n) is 14.6. The van der Waals surface area contributed by atoms with Crippen LogP contribution in [0.1, 0.15) is 287 Å². The summed E-state index contributed by atoms with van der Waals surface area (Å²) in [5, 5.41) is 90.5. The summed E-state index contributed by atoms with van der Waals surface area (Å²) in [4.78, 5) is 6.62. The zero-order valence-corrected chi connectivity index (χ0v) is 54.7. The molecule has 0 heterocycles. The fourth-order valence-electron chi connectivity index (χ4n) is 9.95. The van der Waals surface area contributed by atoms with Crippen LogP contribution in [0.15, 0.2) is 25.3 Å². The van der Waals surface area contributed by atoms with Crippen LogP contribution in [0.2, 0.25) is 0 Å². The molecule has 13 heteroatoms. The van der Waals surface area contributed by atoms with E-state index in [2.05, 4.69) is 69.4 Å². The second kappa shape index (κ2) is 72.2. The number of allylic oxidation sites excluding steroid dienone is 2. The molecule has 80 heavy (non-hydrogen) atoms. The van der Waals surface area contributed by atoms with Crippen molar-refractivity contribution >= 4 is 0 Å². The van der Waals surface area contributed by atoms with Gasteiger partial charge in [-0.05, 0) is 91.1 Å². The zero-order chi connectivity index (χ0) is 61.3. The van der Waals surface area contributed by atoms with Crippen LogP contribution in [0.5, 0.6) is 0 Å². The van der Waals surface area contributed by atoms with E-state index in [4.69, 9.17) is 15.9 Å². The minimum Gasteiger partial charge on any atom is -0.400 e. The number of hydrogen-bond donors (Lipinski definition) is 10. The van der Waals surface area contributed by atoms with Crippen LogP contribution in [-0.2, 0) is 0 Å². The maximum Gasteiger partial charge on any atom is 0.0667 e. The number of unbranched alkanes of at least 4 members (excludes halogenated alkanes) is 20. The lowest BCUT2D eigenvalue weighted by atomic mass is 10.0. The Bertz CT molecular complexity index is 1080. The molecule has 0 spiro atoms. The molecule has 0 saturated carbocycles. The Balaban J connectivity index is -0.000000453. The first kappa shape index (κ1) is 87.7. The van der Waals surface area contributed by atoms with Crippen LogP contribution < -0.4 is 5.73 Å². The van der Waals surface area contributed by atoms with Crippen LogP contribution in [-0.4, -0.2) is 182 Å². The van der Waals surface area contributed by atoms with E-state index in [1.54, 1.807) is 12.2 Å². The van der Waals surface area contributed by atoms with Crippen LogP contribution in [0.3, 0.4) is 0 Å². The molecule has 13 nitrogen and oxygen atoms in total. The molecule has 486 valence electrons. The van der Waals surface area contributed by atoms with Crippen molar-refractivity contribution in [3.8, 4) is 0 Å². The molecule has 0 radical (unpaired) electrons. The third-order valence-corrected chi connectivity index (χ3v) is 14.6. The molecule has 0 rings (SSSR count). The lowest BCUT2D eigenvalue weighted by molar-refractivity contribution is 0.0178. The predicted octanol–water partition coefficient (Wildman–Crippen LogP) is 12.9. The Kier molecular flexibility index (Phi) is 79.2. The van der Waals surface area contributed by atoms with Crippen LogP contribution in [0, 0.1) is 0 Å².